The van der Waals surface area contributed by atoms with E-state index in [2.05, 4.69) is 18.9 Å². The minimum Gasteiger partial charge on any atom is -0.431 e. The molecule has 0 saturated heterocycles. The molecule has 0 aliphatic carbocycles. The number of rotatable bonds is 5. The van der Waals surface area contributed by atoms with Crippen molar-refractivity contribution in [3.05, 3.63) is 0 Å². The van der Waals surface area contributed by atoms with Gasteiger partial charge in [0.1, 0.15) is 25.4 Å². The molecule has 0 fully saturated rings. The van der Waals surface area contributed by atoms with E-state index in [1.807, 2.05) is 0 Å². The van der Waals surface area contributed by atoms with Crippen molar-refractivity contribution in [1.82, 2.24) is 0 Å². The van der Waals surface area contributed by atoms with Crippen LogP contribution in [0.2, 0.25) is 0 Å². The summed E-state index contributed by atoms with van der Waals surface area (Å²) in [5, 5.41) is 16.1. The minimum absolute atomic E-state index is 0.230. The molecular weight excluding hydrogens is 220 g/mol. The molecule has 0 bridgehead atoms. The molecule has 0 N–H and O–H groups in total. The third kappa shape index (κ3) is 8.13. The summed E-state index contributed by atoms with van der Waals surface area (Å²) >= 11 is 0. The van der Waals surface area contributed by atoms with Gasteiger partial charge in [0.25, 0.3) is 0 Å². The second kappa shape index (κ2) is 9.09. The summed E-state index contributed by atoms with van der Waals surface area (Å²) in [6.45, 7) is -1.29. The Kier molecular flexibility index (Phi) is 7.68. The second-order valence-electron chi connectivity index (χ2n) is 2.09. The van der Waals surface area contributed by atoms with Crippen LogP contribution >= 0.6 is 0 Å². The van der Waals surface area contributed by atoms with Gasteiger partial charge in [-0.15, -0.1) is 0 Å². The maximum atomic E-state index is 10.6. The summed E-state index contributed by atoms with van der Waals surface area (Å²) in [6.07, 6.45) is -2.06. The number of ether oxygens (including phenoxy) is 4. The van der Waals surface area contributed by atoms with Crippen molar-refractivity contribution in [3.63, 3.8) is 0 Å². The highest BCUT2D eigenvalue weighted by atomic mass is 16.7. The lowest BCUT2D eigenvalue weighted by atomic mass is 10.8. The standard InChI is InChI=1S/C8H8N2O6/c9-1-3-13-7(11)15-5-6-16-8(12)14-4-2-10/h3-6H2. The van der Waals surface area contributed by atoms with E-state index in [4.69, 9.17) is 10.5 Å². The van der Waals surface area contributed by atoms with Crippen LogP contribution in [0.1, 0.15) is 0 Å². The number of carbonyl (C=O) groups is 2. The van der Waals surface area contributed by atoms with Crippen molar-refractivity contribution in [2.75, 3.05) is 26.4 Å². The molecule has 0 spiro atoms. The molecule has 0 unspecified atom stereocenters. The molecule has 0 atom stereocenters. The molecule has 0 radical (unpaired) electrons. The summed E-state index contributed by atoms with van der Waals surface area (Å²) in [6, 6.07) is 3.14. The van der Waals surface area contributed by atoms with Crippen LogP contribution in [0.3, 0.4) is 0 Å². The molecule has 8 heteroatoms. The predicted octanol–water partition coefficient (Wildman–Crippen LogP) is 0.340. The van der Waals surface area contributed by atoms with Gasteiger partial charge in [-0.2, -0.15) is 10.5 Å². The van der Waals surface area contributed by atoms with E-state index in [1.54, 1.807) is 12.1 Å². The highest BCUT2D eigenvalue weighted by Crippen LogP contribution is 1.88. The molecule has 0 amide bonds. The average Bonchev–Trinajstić information content (AvgIpc) is 2.29. The van der Waals surface area contributed by atoms with Gasteiger partial charge < -0.3 is 18.9 Å². The summed E-state index contributed by atoms with van der Waals surface area (Å²) in [5.41, 5.74) is 0. The zero-order valence-corrected chi connectivity index (χ0v) is 8.17. The highest BCUT2D eigenvalue weighted by molar-refractivity contribution is 5.60. The Bertz CT molecular complexity index is 283. The van der Waals surface area contributed by atoms with Gasteiger partial charge in [-0.25, -0.2) is 9.59 Å². The van der Waals surface area contributed by atoms with Crippen LogP contribution in [0, 0.1) is 22.7 Å². The molecule has 0 aromatic carbocycles. The Morgan fingerprint density at radius 3 is 1.50 bits per heavy atom. The zero-order valence-electron chi connectivity index (χ0n) is 8.17. The first kappa shape index (κ1) is 13.5. The van der Waals surface area contributed by atoms with Crippen molar-refractivity contribution in [2.24, 2.45) is 0 Å². The SMILES string of the molecule is N#CCOC(=O)OCCOC(=O)OCC#N. The summed E-state index contributed by atoms with van der Waals surface area (Å²) in [4.78, 5) is 21.2. The Morgan fingerprint density at radius 1 is 0.812 bits per heavy atom. The minimum atomic E-state index is -1.03. The maximum Gasteiger partial charge on any atom is 0.509 e. The Hall–Kier alpha value is -2.48. The van der Waals surface area contributed by atoms with Crippen molar-refractivity contribution in [2.45, 2.75) is 0 Å². The molecule has 0 rings (SSSR count). The fourth-order valence-electron chi connectivity index (χ4n) is 0.516. The van der Waals surface area contributed by atoms with Crippen LogP contribution in [0.25, 0.3) is 0 Å². The number of hydrogen-bond acceptors (Lipinski definition) is 8. The Balaban J connectivity index is 3.40. The third-order valence-corrected chi connectivity index (χ3v) is 1.03. The van der Waals surface area contributed by atoms with Crippen LogP contribution < -0.4 is 0 Å². The van der Waals surface area contributed by atoms with E-state index >= 15 is 0 Å². The van der Waals surface area contributed by atoms with Crippen LogP contribution in [0.4, 0.5) is 9.59 Å². The first-order chi connectivity index (χ1) is 7.70. The van der Waals surface area contributed by atoms with E-state index in [0.717, 1.165) is 0 Å². The van der Waals surface area contributed by atoms with E-state index in [1.165, 1.54) is 0 Å². The lowest BCUT2D eigenvalue weighted by Gasteiger charge is -2.04. The molecule has 0 aromatic rings. The number of hydrogen-bond donors (Lipinski definition) is 0. The monoisotopic (exact) mass is 228 g/mol. The van der Waals surface area contributed by atoms with Gasteiger partial charge in [0, 0.05) is 0 Å². The molecule has 8 nitrogen and oxygen atoms in total. The quantitative estimate of drug-likeness (QED) is 0.488. The second-order valence-corrected chi connectivity index (χ2v) is 2.09. The van der Waals surface area contributed by atoms with Crippen LogP contribution in [0.5, 0.6) is 0 Å². The van der Waals surface area contributed by atoms with Crippen molar-refractivity contribution < 1.29 is 28.5 Å². The number of nitriles is 2. The van der Waals surface area contributed by atoms with Crippen LogP contribution in [0.15, 0.2) is 0 Å². The molecule has 0 saturated carbocycles. The molecule has 0 aromatic heterocycles. The molecule has 0 aliphatic heterocycles. The first-order valence-electron chi connectivity index (χ1n) is 4.03. The lowest BCUT2D eigenvalue weighted by molar-refractivity contribution is 0.0254. The van der Waals surface area contributed by atoms with Gasteiger partial charge in [0.05, 0.1) is 0 Å². The molecule has 0 aliphatic rings. The topological polar surface area (TPSA) is 119 Å². The Morgan fingerprint density at radius 2 is 1.19 bits per heavy atom. The molecule has 86 valence electrons. The van der Waals surface area contributed by atoms with Gasteiger partial charge in [-0.05, 0) is 0 Å². The summed E-state index contributed by atoms with van der Waals surface area (Å²) in [7, 11) is 0. The van der Waals surface area contributed by atoms with Crippen LogP contribution in [-0.2, 0) is 18.9 Å². The predicted molar refractivity (Wildman–Crippen MR) is 45.8 cm³/mol. The van der Waals surface area contributed by atoms with Gasteiger partial charge in [0.15, 0.2) is 13.2 Å². The van der Waals surface area contributed by atoms with E-state index in [-0.39, 0.29) is 13.2 Å². The third-order valence-electron chi connectivity index (χ3n) is 1.03. The fraction of sp³-hybridized carbons (Fsp3) is 0.500. The summed E-state index contributed by atoms with van der Waals surface area (Å²) in [5.74, 6) is 0. The van der Waals surface area contributed by atoms with Crippen molar-refractivity contribution in [3.8, 4) is 12.1 Å². The smallest absolute Gasteiger partial charge is 0.431 e. The van der Waals surface area contributed by atoms with Gasteiger partial charge in [-0.1, -0.05) is 0 Å². The summed E-state index contributed by atoms with van der Waals surface area (Å²) < 4.78 is 17.2. The van der Waals surface area contributed by atoms with E-state index in [0.29, 0.717) is 0 Å². The average molecular weight is 228 g/mol. The normalized spacial score (nSPS) is 8.12. The lowest BCUT2D eigenvalue weighted by Crippen LogP contribution is -2.15. The van der Waals surface area contributed by atoms with Gasteiger partial charge >= 0.3 is 12.3 Å². The van der Waals surface area contributed by atoms with Gasteiger partial charge in [-0.3, -0.25) is 0 Å². The fourth-order valence-corrected chi connectivity index (χ4v) is 0.516. The largest absolute Gasteiger partial charge is 0.509 e. The number of carbonyl (C=O) groups excluding carboxylic acids is 2. The molecule has 16 heavy (non-hydrogen) atoms. The van der Waals surface area contributed by atoms with E-state index < -0.39 is 25.5 Å². The molecule has 0 heterocycles. The zero-order chi connectivity index (χ0) is 12.2. The van der Waals surface area contributed by atoms with Crippen molar-refractivity contribution >= 4 is 12.3 Å². The van der Waals surface area contributed by atoms with Crippen LogP contribution in [-0.4, -0.2) is 38.7 Å². The highest BCUT2D eigenvalue weighted by Gasteiger charge is 2.05. The van der Waals surface area contributed by atoms with Crippen molar-refractivity contribution in [1.29, 1.82) is 10.5 Å². The van der Waals surface area contributed by atoms with E-state index in [9.17, 15) is 9.59 Å². The maximum absolute atomic E-state index is 10.6. The number of nitrogens with zero attached hydrogens (tertiary/aromatic N) is 2. The first-order valence-corrected chi connectivity index (χ1v) is 4.03. The Labute approximate surface area is 90.9 Å². The molecular formula is C8H8N2O6. The van der Waals surface area contributed by atoms with Gasteiger partial charge in [0.2, 0.25) is 0 Å².